The van der Waals surface area contributed by atoms with Gasteiger partial charge < -0.3 is 9.47 Å². The summed E-state index contributed by atoms with van der Waals surface area (Å²) in [4.78, 5) is 22.4. The Balaban J connectivity index is 3.85. The Morgan fingerprint density at radius 2 is 1.32 bits per heavy atom. The van der Waals surface area contributed by atoms with Crippen molar-refractivity contribution < 1.29 is 19.1 Å². The van der Waals surface area contributed by atoms with Crippen LogP contribution in [0.3, 0.4) is 0 Å². The van der Waals surface area contributed by atoms with E-state index >= 15 is 0 Å². The van der Waals surface area contributed by atoms with Crippen molar-refractivity contribution in [1.29, 1.82) is 0 Å². The Morgan fingerprint density at radius 3 is 1.88 bits per heavy atom. The molecule has 0 heterocycles. The first-order chi connectivity index (χ1) is 12.1. The summed E-state index contributed by atoms with van der Waals surface area (Å²) >= 11 is 0. The number of hydrogen-bond donors (Lipinski definition) is 0. The summed E-state index contributed by atoms with van der Waals surface area (Å²) in [6.07, 6.45) is 15.6. The van der Waals surface area contributed by atoms with Gasteiger partial charge >= 0.3 is 11.9 Å². The molecule has 0 aliphatic rings. The van der Waals surface area contributed by atoms with Crippen LogP contribution in [0.25, 0.3) is 0 Å². The summed E-state index contributed by atoms with van der Waals surface area (Å²) < 4.78 is 10.4. The zero-order chi connectivity index (χ0) is 18.8. The van der Waals surface area contributed by atoms with Gasteiger partial charge in [-0.1, -0.05) is 58.6 Å². The average Bonchev–Trinajstić information content (AvgIpc) is 2.62. The van der Waals surface area contributed by atoms with Crippen LogP contribution in [0.15, 0.2) is 25.3 Å². The Bertz CT molecular complexity index is 376. The molecule has 0 radical (unpaired) electrons. The highest BCUT2D eigenvalue weighted by Gasteiger charge is 2.12. The van der Waals surface area contributed by atoms with E-state index in [0.29, 0.717) is 6.61 Å². The summed E-state index contributed by atoms with van der Waals surface area (Å²) in [5.41, 5.74) is 0. The Kier molecular flexibility index (Phi) is 16.2. The fraction of sp³-hybridized carbons (Fsp3) is 0.714. The highest BCUT2D eigenvalue weighted by Crippen LogP contribution is 2.16. The van der Waals surface area contributed by atoms with E-state index in [9.17, 15) is 9.59 Å². The SMILES string of the molecule is C=CC(=O)OCCCCCC(CCCCCCCCC)OC(=O)C=C. The van der Waals surface area contributed by atoms with Gasteiger partial charge in [-0.3, -0.25) is 0 Å². The molecule has 0 aliphatic carbocycles. The maximum Gasteiger partial charge on any atom is 0.330 e. The highest BCUT2D eigenvalue weighted by molar-refractivity contribution is 5.81. The summed E-state index contributed by atoms with van der Waals surface area (Å²) in [5.74, 6) is -0.718. The number of unbranched alkanes of at least 4 members (excludes halogenated alkanes) is 8. The number of hydrogen-bond acceptors (Lipinski definition) is 4. The third-order valence-electron chi connectivity index (χ3n) is 4.16. The minimum Gasteiger partial charge on any atom is -0.463 e. The predicted molar refractivity (Wildman–Crippen MR) is 102 cm³/mol. The molecule has 0 aliphatic heterocycles. The van der Waals surface area contributed by atoms with Crippen LogP contribution >= 0.6 is 0 Å². The lowest BCUT2D eigenvalue weighted by atomic mass is 10.0. The Morgan fingerprint density at radius 1 is 0.800 bits per heavy atom. The summed E-state index contributed by atoms with van der Waals surface area (Å²) in [6.45, 7) is 9.47. The molecule has 4 nitrogen and oxygen atoms in total. The van der Waals surface area contributed by atoms with E-state index in [1.807, 2.05) is 0 Å². The number of esters is 2. The lowest BCUT2D eigenvalue weighted by Crippen LogP contribution is -2.17. The van der Waals surface area contributed by atoms with Crippen LogP contribution < -0.4 is 0 Å². The highest BCUT2D eigenvalue weighted by atomic mass is 16.5. The van der Waals surface area contributed by atoms with Gasteiger partial charge in [0.2, 0.25) is 0 Å². The van der Waals surface area contributed by atoms with Gasteiger partial charge in [0.15, 0.2) is 0 Å². The third kappa shape index (κ3) is 15.7. The standard InChI is InChI=1S/C21H36O4/c1-4-7-8-9-10-11-13-16-19(25-21(23)6-3)17-14-12-15-18-24-20(22)5-2/h5-6,19H,2-4,7-18H2,1H3. The molecular formula is C21H36O4. The third-order valence-corrected chi connectivity index (χ3v) is 4.16. The van der Waals surface area contributed by atoms with E-state index in [1.165, 1.54) is 50.7 Å². The molecule has 0 fully saturated rings. The molecule has 0 saturated heterocycles. The van der Waals surface area contributed by atoms with E-state index in [1.54, 1.807) is 0 Å². The van der Waals surface area contributed by atoms with Crippen molar-refractivity contribution in [3.63, 3.8) is 0 Å². The fourth-order valence-electron chi connectivity index (χ4n) is 2.69. The normalized spacial score (nSPS) is 11.6. The molecule has 0 N–H and O–H groups in total. The van der Waals surface area contributed by atoms with Crippen LogP contribution in [0.4, 0.5) is 0 Å². The first-order valence-corrected chi connectivity index (χ1v) is 9.76. The van der Waals surface area contributed by atoms with E-state index in [2.05, 4.69) is 20.1 Å². The zero-order valence-electron chi connectivity index (χ0n) is 16.0. The molecule has 4 heteroatoms. The topological polar surface area (TPSA) is 52.6 Å². The molecule has 0 spiro atoms. The van der Waals surface area contributed by atoms with Gasteiger partial charge in [-0.15, -0.1) is 0 Å². The predicted octanol–water partition coefficient (Wildman–Crippen LogP) is 5.51. The second-order valence-electron chi connectivity index (χ2n) is 6.39. The van der Waals surface area contributed by atoms with Gasteiger partial charge in [-0.05, 0) is 38.5 Å². The van der Waals surface area contributed by atoms with Crippen molar-refractivity contribution in [3.05, 3.63) is 25.3 Å². The Labute approximate surface area is 153 Å². The van der Waals surface area contributed by atoms with E-state index in [-0.39, 0.29) is 18.0 Å². The van der Waals surface area contributed by atoms with Crippen LogP contribution in [0.1, 0.15) is 84.0 Å². The molecule has 0 aromatic carbocycles. The first kappa shape index (κ1) is 23.4. The van der Waals surface area contributed by atoms with Gasteiger partial charge in [-0.2, -0.15) is 0 Å². The van der Waals surface area contributed by atoms with Gasteiger partial charge in [0.1, 0.15) is 6.10 Å². The van der Waals surface area contributed by atoms with Crippen LogP contribution in [0, 0.1) is 0 Å². The second kappa shape index (κ2) is 17.2. The van der Waals surface area contributed by atoms with E-state index in [4.69, 9.17) is 9.47 Å². The van der Waals surface area contributed by atoms with E-state index < -0.39 is 0 Å². The molecule has 1 unspecified atom stereocenters. The molecular weight excluding hydrogens is 316 g/mol. The molecule has 1 atom stereocenters. The molecule has 0 aromatic rings. The number of carbonyl (C=O) groups is 2. The van der Waals surface area contributed by atoms with Crippen LogP contribution in [0.2, 0.25) is 0 Å². The number of carbonyl (C=O) groups excluding carboxylic acids is 2. The molecule has 0 bridgehead atoms. The van der Waals surface area contributed by atoms with E-state index in [0.717, 1.165) is 38.5 Å². The van der Waals surface area contributed by atoms with Crippen molar-refractivity contribution in [2.24, 2.45) is 0 Å². The van der Waals surface area contributed by atoms with Crippen LogP contribution in [0.5, 0.6) is 0 Å². The molecule has 0 saturated carbocycles. The van der Waals surface area contributed by atoms with Gasteiger partial charge in [0.25, 0.3) is 0 Å². The van der Waals surface area contributed by atoms with Crippen LogP contribution in [-0.4, -0.2) is 24.6 Å². The number of ether oxygens (including phenoxy) is 2. The first-order valence-electron chi connectivity index (χ1n) is 9.76. The van der Waals surface area contributed by atoms with Crippen molar-refractivity contribution in [1.82, 2.24) is 0 Å². The molecule has 25 heavy (non-hydrogen) atoms. The van der Waals surface area contributed by atoms with Crippen molar-refractivity contribution in [3.8, 4) is 0 Å². The Hall–Kier alpha value is -1.58. The zero-order valence-corrected chi connectivity index (χ0v) is 16.0. The average molecular weight is 353 g/mol. The lowest BCUT2D eigenvalue weighted by Gasteiger charge is -2.17. The molecule has 0 aromatic heterocycles. The van der Waals surface area contributed by atoms with Gasteiger partial charge in [0, 0.05) is 12.2 Å². The minimum atomic E-state index is -0.378. The summed E-state index contributed by atoms with van der Waals surface area (Å²) in [5, 5.41) is 0. The quantitative estimate of drug-likeness (QED) is 0.197. The van der Waals surface area contributed by atoms with Crippen molar-refractivity contribution in [2.45, 2.75) is 90.1 Å². The minimum absolute atomic E-state index is 0.0307. The van der Waals surface area contributed by atoms with Gasteiger partial charge in [-0.25, -0.2) is 9.59 Å². The number of rotatable bonds is 17. The molecule has 0 rings (SSSR count). The van der Waals surface area contributed by atoms with Crippen LogP contribution in [-0.2, 0) is 19.1 Å². The summed E-state index contributed by atoms with van der Waals surface area (Å²) in [6, 6.07) is 0. The largest absolute Gasteiger partial charge is 0.463 e. The van der Waals surface area contributed by atoms with Crippen molar-refractivity contribution in [2.75, 3.05) is 6.61 Å². The second-order valence-corrected chi connectivity index (χ2v) is 6.39. The lowest BCUT2D eigenvalue weighted by molar-refractivity contribution is -0.144. The maximum atomic E-state index is 11.5. The molecule has 144 valence electrons. The van der Waals surface area contributed by atoms with Crippen molar-refractivity contribution >= 4 is 11.9 Å². The van der Waals surface area contributed by atoms with Gasteiger partial charge in [0.05, 0.1) is 6.61 Å². The fourth-order valence-corrected chi connectivity index (χ4v) is 2.69. The summed E-state index contributed by atoms with van der Waals surface area (Å²) in [7, 11) is 0. The molecule has 0 amide bonds. The maximum absolute atomic E-state index is 11.5. The smallest absolute Gasteiger partial charge is 0.330 e. The monoisotopic (exact) mass is 352 g/mol.